The summed E-state index contributed by atoms with van der Waals surface area (Å²) in [6.07, 6.45) is 5.47. The van der Waals surface area contributed by atoms with Gasteiger partial charge in [-0.3, -0.25) is 14.4 Å². The maximum absolute atomic E-state index is 10.6. The number of carboxylic acid groups (broad SMARTS) is 3. The van der Waals surface area contributed by atoms with E-state index in [0.717, 1.165) is 25.7 Å². The predicted octanol–water partition coefficient (Wildman–Crippen LogP) is 3.00. The summed E-state index contributed by atoms with van der Waals surface area (Å²) in [5.41, 5.74) is 0.248. The number of carbonyl (C=O) groups is 3. The molecular weight excluding hydrogens is 307 g/mol. The summed E-state index contributed by atoms with van der Waals surface area (Å²) in [5, 5.41) is 26.0. The molecule has 0 spiro atoms. The molecule has 3 unspecified atom stereocenters. The first-order valence-electron chi connectivity index (χ1n) is 7.74. The summed E-state index contributed by atoms with van der Waals surface area (Å²) >= 11 is 0. The molecule has 0 aromatic carbocycles. The smallest absolute Gasteiger partial charge is 0.303 e. The Bertz CT molecular complexity index is 358. The Balaban J connectivity index is 4.20. The van der Waals surface area contributed by atoms with E-state index in [0.29, 0.717) is 25.2 Å². The molecular formula is C15H27O6P. The van der Waals surface area contributed by atoms with Gasteiger partial charge in [0.2, 0.25) is 0 Å². The average molecular weight is 334 g/mol. The Kier molecular flexibility index (Phi) is 11.7. The molecule has 0 amide bonds. The minimum atomic E-state index is -0.809. The van der Waals surface area contributed by atoms with Crippen molar-refractivity contribution in [2.45, 2.75) is 69.9 Å². The van der Waals surface area contributed by atoms with E-state index in [-0.39, 0.29) is 24.9 Å². The number of hydrogen-bond acceptors (Lipinski definition) is 3. The summed E-state index contributed by atoms with van der Waals surface area (Å²) < 4.78 is 0. The molecule has 0 aliphatic rings. The van der Waals surface area contributed by atoms with Crippen molar-refractivity contribution < 1.29 is 29.7 Å². The monoisotopic (exact) mass is 334 g/mol. The van der Waals surface area contributed by atoms with Gasteiger partial charge in [0.15, 0.2) is 0 Å². The van der Waals surface area contributed by atoms with Crippen molar-refractivity contribution >= 4 is 27.1 Å². The fraction of sp³-hybridized carbons (Fsp3) is 0.800. The number of rotatable bonds is 14. The van der Waals surface area contributed by atoms with Gasteiger partial charge >= 0.3 is 17.9 Å². The van der Waals surface area contributed by atoms with Crippen LogP contribution >= 0.6 is 9.24 Å². The minimum Gasteiger partial charge on any atom is -0.481 e. The third kappa shape index (κ3) is 12.6. The zero-order valence-electron chi connectivity index (χ0n) is 12.9. The van der Waals surface area contributed by atoms with Gasteiger partial charge in [0, 0.05) is 19.3 Å². The average Bonchev–Trinajstić information content (AvgIpc) is 2.40. The van der Waals surface area contributed by atoms with Crippen LogP contribution in [0.1, 0.15) is 64.2 Å². The van der Waals surface area contributed by atoms with Gasteiger partial charge in [-0.05, 0) is 50.1 Å². The second-order valence-corrected chi connectivity index (χ2v) is 6.49. The first-order valence-corrected chi connectivity index (χ1v) is 8.40. The number of hydrogen-bond donors (Lipinski definition) is 3. The van der Waals surface area contributed by atoms with Gasteiger partial charge in [-0.2, -0.15) is 0 Å². The predicted molar refractivity (Wildman–Crippen MR) is 86.1 cm³/mol. The molecule has 0 aliphatic carbocycles. The first kappa shape index (κ1) is 20.8. The third-order valence-electron chi connectivity index (χ3n) is 3.71. The van der Waals surface area contributed by atoms with Gasteiger partial charge in [0.25, 0.3) is 0 Å². The van der Waals surface area contributed by atoms with Crippen molar-refractivity contribution in [2.75, 3.05) is 0 Å². The van der Waals surface area contributed by atoms with Gasteiger partial charge in [-0.25, -0.2) is 0 Å². The molecule has 0 rings (SSSR count). The van der Waals surface area contributed by atoms with Crippen LogP contribution in [0.3, 0.4) is 0 Å². The normalized spacial score (nSPS) is 13.5. The highest BCUT2D eigenvalue weighted by Gasteiger charge is 2.18. The van der Waals surface area contributed by atoms with E-state index in [1.165, 1.54) is 0 Å². The van der Waals surface area contributed by atoms with Gasteiger partial charge in [-0.1, -0.05) is 6.42 Å². The Labute approximate surface area is 133 Å². The van der Waals surface area contributed by atoms with E-state index in [9.17, 15) is 14.4 Å². The third-order valence-corrected chi connectivity index (χ3v) is 4.59. The van der Waals surface area contributed by atoms with Crippen molar-refractivity contribution in [3.05, 3.63) is 0 Å². The van der Waals surface area contributed by atoms with E-state index >= 15 is 0 Å². The largest absolute Gasteiger partial charge is 0.481 e. The molecule has 0 aromatic heterocycles. The molecule has 6 nitrogen and oxygen atoms in total. The molecule has 0 saturated carbocycles. The van der Waals surface area contributed by atoms with E-state index in [4.69, 9.17) is 15.3 Å². The van der Waals surface area contributed by atoms with Crippen molar-refractivity contribution in [3.8, 4) is 0 Å². The van der Waals surface area contributed by atoms with Gasteiger partial charge < -0.3 is 15.3 Å². The van der Waals surface area contributed by atoms with Crippen molar-refractivity contribution in [1.29, 1.82) is 0 Å². The zero-order chi connectivity index (χ0) is 17.0. The second kappa shape index (κ2) is 12.4. The molecule has 0 saturated heterocycles. The SMILES string of the molecule is O=C(O)CCCCC(CCCC(=O)O)C(P)CCCC(=O)O. The first-order chi connectivity index (χ1) is 10.3. The van der Waals surface area contributed by atoms with Crippen LogP contribution < -0.4 is 0 Å². The fourth-order valence-corrected chi connectivity index (χ4v) is 3.12. The van der Waals surface area contributed by atoms with Crippen molar-refractivity contribution in [2.24, 2.45) is 5.92 Å². The summed E-state index contributed by atoms with van der Waals surface area (Å²) in [6, 6.07) is 0. The topological polar surface area (TPSA) is 112 Å². The highest BCUT2D eigenvalue weighted by molar-refractivity contribution is 7.17. The van der Waals surface area contributed by atoms with Crippen LogP contribution in [-0.2, 0) is 14.4 Å². The van der Waals surface area contributed by atoms with Crippen LogP contribution in [0.2, 0.25) is 0 Å². The zero-order valence-corrected chi connectivity index (χ0v) is 14.0. The molecule has 0 fully saturated rings. The fourth-order valence-electron chi connectivity index (χ4n) is 2.50. The van der Waals surface area contributed by atoms with E-state index < -0.39 is 17.9 Å². The van der Waals surface area contributed by atoms with Crippen LogP contribution in [0.25, 0.3) is 0 Å². The second-order valence-electron chi connectivity index (χ2n) is 5.64. The molecule has 128 valence electrons. The van der Waals surface area contributed by atoms with Crippen molar-refractivity contribution in [3.63, 3.8) is 0 Å². The standard InChI is InChI=1S/C15H27O6P/c16-13(17)8-2-1-5-11(6-3-9-14(18)19)12(22)7-4-10-15(20)21/h11-12H,1-10,22H2,(H,16,17)(H,18,19)(H,20,21). The van der Waals surface area contributed by atoms with E-state index in [1.54, 1.807) is 0 Å². The lowest BCUT2D eigenvalue weighted by molar-refractivity contribution is -0.138. The maximum Gasteiger partial charge on any atom is 0.303 e. The van der Waals surface area contributed by atoms with Crippen molar-refractivity contribution in [1.82, 2.24) is 0 Å². The Morgan fingerprint density at radius 1 is 0.682 bits per heavy atom. The van der Waals surface area contributed by atoms with Crippen LogP contribution in [0.5, 0.6) is 0 Å². The number of carboxylic acids is 3. The summed E-state index contributed by atoms with van der Waals surface area (Å²) in [4.78, 5) is 31.6. The van der Waals surface area contributed by atoms with Crippen LogP contribution in [0.4, 0.5) is 0 Å². The summed E-state index contributed by atoms with van der Waals surface area (Å²) in [5.74, 6) is -2.12. The Morgan fingerprint density at radius 2 is 1.09 bits per heavy atom. The molecule has 0 aliphatic heterocycles. The minimum absolute atomic E-state index is 0.137. The Hall–Kier alpha value is -1.16. The van der Waals surface area contributed by atoms with Gasteiger partial charge in [0.05, 0.1) is 0 Å². The van der Waals surface area contributed by atoms with Crippen LogP contribution in [0, 0.1) is 5.92 Å². The molecule has 0 radical (unpaired) electrons. The lowest BCUT2D eigenvalue weighted by Gasteiger charge is -2.23. The number of unbranched alkanes of at least 4 members (excludes halogenated alkanes) is 1. The quantitative estimate of drug-likeness (QED) is 0.332. The molecule has 0 bridgehead atoms. The number of aliphatic carboxylic acids is 3. The molecule has 22 heavy (non-hydrogen) atoms. The summed E-state index contributed by atoms with van der Waals surface area (Å²) in [6.45, 7) is 0. The van der Waals surface area contributed by atoms with Crippen LogP contribution in [0.15, 0.2) is 0 Å². The van der Waals surface area contributed by atoms with E-state index in [1.807, 2.05) is 0 Å². The molecule has 3 N–H and O–H groups in total. The molecule has 0 heterocycles. The van der Waals surface area contributed by atoms with Gasteiger partial charge in [-0.15, -0.1) is 9.24 Å². The van der Waals surface area contributed by atoms with Gasteiger partial charge in [0.1, 0.15) is 0 Å². The lowest BCUT2D eigenvalue weighted by atomic mass is 9.89. The molecule has 0 aromatic rings. The highest BCUT2D eigenvalue weighted by Crippen LogP contribution is 2.29. The maximum atomic E-state index is 10.6. The lowest BCUT2D eigenvalue weighted by Crippen LogP contribution is -2.16. The van der Waals surface area contributed by atoms with E-state index in [2.05, 4.69) is 9.24 Å². The molecule has 3 atom stereocenters. The highest BCUT2D eigenvalue weighted by atomic mass is 31.0. The van der Waals surface area contributed by atoms with Crippen LogP contribution in [-0.4, -0.2) is 38.9 Å². The molecule has 7 heteroatoms. The Morgan fingerprint density at radius 3 is 1.59 bits per heavy atom. The summed E-state index contributed by atoms with van der Waals surface area (Å²) in [7, 11) is 2.75.